The molecular weight excluding hydrogens is 173 g/mol. The van der Waals surface area contributed by atoms with E-state index in [1.165, 1.54) is 4.42 Å². The molecule has 1 rings (SSSR count). The maximum absolute atomic E-state index is 10.9. The summed E-state index contributed by atoms with van der Waals surface area (Å²) in [6, 6.07) is 0. The predicted octanol–water partition coefficient (Wildman–Crippen LogP) is 1.76. The Bertz CT molecular complexity index is 162. The summed E-state index contributed by atoms with van der Waals surface area (Å²) >= 11 is 11.3. The van der Waals surface area contributed by atoms with E-state index in [9.17, 15) is 4.79 Å². The van der Waals surface area contributed by atoms with Crippen molar-refractivity contribution in [2.45, 2.75) is 25.3 Å². The molecule has 4 heteroatoms. The Hall–Kier alpha value is 0.0500. The molecule has 1 amide bonds. The molecule has 1 aliphatic rings. The third-order valence-electron chi connectivity index (χ3n) is 1.86. The van der Waals surface area contributed by atoms with Crippen molar-refractivity contribution >= 4 is 29.3 Å². The third-order valence-corrected chi connectivity index (χ3v) is 3.03. The maximum atomic E-state index is 10.9. The first-order chi connectivity index (χ1) is 4.60. The Labute approximate surface area is 70.2 Å². The van der Waals surface area contributed by atoms with Gasteiger partial charge >= 0.3 is 0 Å². The van der Waals surface area contributed by atoms with Gasteiger partial charge in [0.2, 0.25) is 5.91 Å². The number of carbonyl (C=O) groups excluding carboxylic acids is 1. The van der Waals surface area contributed by atoms with Crippen LogP contribution in [0.1, 0.15) is 19.8 Å². The Morgan fingerprint density at radius 2 is 2.40 bits per heavy atom. The Morgan fingerprint density at radius 1 is 1.80 bits per heavy atom. The van der Waals surface area contributed by atoms with Crippen molar-refractivity contribution in [3.8, 4) is 0 Å². The molecular formula is C6H9Cl2NO. The summed E-state index contributed by atoms with van der Waals surface area (Å²) < 4.78 is 1.22. The average molecular weight is 182 g/mol. The van der Waals surface area contributed by atoms with Crippen LogP contribution in [-0.2, 0) is 4.79 Å². The van der Waals surface area contributed by atoms with Crippen LogP contribution >= 0.6 is 23.4 Å². The standard InChI is InChI=1S/C6H9Cl2NO/c1-6(4-7)3-2-5(10)9(6)8/h2-4H2,1H3. The molecule has 0 aromatic carbocycles. The molecule has 10 heavy (non-hydrogen) atoms. The molecule has 0 N–H and O–H groups in total. The normalized spacial score (nSPS) is 33.5. The van der Waals surface area contributed by atoms with Crippen molar-refractivity contribution in [1.29, 1.82) is 0 Å². The van der Waals surface area contributed by atoms with Crippen LogP contribution in [0.3, 0.4) is 0 Å². The number of hydrogen-bond acceptors (Lipinski definition) is 1. The van der Waals surface area contributed by atoms with Gasteiger partial charge in [-0.2, -0.15) is 0 Å². The summed E-state index contributed by atoms with van der Waals surface area (Å²) in [6.07, 6.45) is 1.28. The molecule has 1 aliphatic heterocycles. The molecule has 1 atom stereocenters. The van der Waals surface area contributed by atoms with Crippen molar-refractivity contribution in [1.82, 2.24) is 4.42 Å². The molecule has 1 saturated heterocycles. The summed E-state index contributed by atoms with van der Waals surface area (Å²) in [5.41, 5.74) is -0.319. The van der Waals surface area contributed by atoms with E-state index in [4.69, 9.17) is 23.4 Å². The number of halogens is 2. The van der Waals surface area contributed by atoms with E-state index in [0.717, 1.165) is 6.42 Å². The van der Waals surface area contributed by atoms with E-state index in [1.807, 2.05) is 6.92 Å². The molecule has 0 bridgehead atoms. The van der Waals surface area contributed by atoms with E-state index in [-0.39, 0.29) is 11.4 Å². The smallest absolute Gasteiger partial charge is 0.237 e. The van der Waals surface area contributed by atoms with Gasteiger partial charge in [-0.3, -0.25) is 4.79 Å². The molecule has 0 aromatic heterocycles. The van der Waals surface area contributed by atoms with Crippen LogP contribution in [0.2, 0.25) is 0 Å². The van der Waals surface area contributed by atoms with Crippen molar-refractivity contribution in [3.63, 3.8) is 0 Å². The fraction of sp³-hybridized carbons (Fsp3) is 0.833. The lowest BCUT2D eigenvalue weighted by Crippen LogP contribution is -2.38. The fourth-order valence-corrected chi connectivity index (χ4v) is 1.54. The van der Waals surface area contributed by atoms with Crippen LogP contribution in [0.5, 0.6) is 0 Å². The van der Waals surface area contributed by atoms with Gasteiger partial charge in [0, 0.05) is 24.1 Å². The molecule has 0 radical (unpaired) electrons. The Kier molecular flexibility index (Phi) is 2.11. The van der Waals surface area contributed by atoms with Gasteiger partial charge in [0.25, 0.3) is 0 Å². The highest BCUT2D eigenvalue weighted by atomic mass is 35.5. The second-order valence-corrected chi connectivity index (χ2v) is 3.41. The van der Waals surface area contributed by atoms with E-state index in [2.05, 4.69) is 0 Å². The van der Waals surface area contributed by atoms with Crippen LogP contribution < -0.4 is 0 Å². The first kappa shape index (κ1) is 8.15. The average Bonchev–Trinajstić information content (AvgIpc) is 2.19. The maximum Gasteiger partial charge on any atom is 0.237 e. The Morgan fingerprint density at radius 3 is 2.60 bits per heavy atom. The molecule has 1 heterocycles. The number of nitrogens with zero attached hydrogens (tertiary/aromatic N) is 1. The number of rotatable bonds is 1. The molecule has 1 unspecified atom stereocenters. The van der Waals surface area contributed by atoms with E-state index >= 15 is 0 Å². The molecule has 2 nitrogen and oxygen atoms in total. The monoisotopic (exact) mass is 181 g/mol. The molecule has 0 spiro atoms. The van der Waals surface area contributed by atoms with E-state index in [1.54, 1.807) is 0 Å². The first-order valence-corrected chi connectivity index (χ1v) is 4.02. The second kappa shape index (κ2) is 2.59. The summed E-state index contributed by atoms with van der Waals surface area (Å²) in [7, 11) is 0. The molecule has 0 saturated carbocycles. The van der Waals surface area contributed by atoms with Gasteiger partial charge in [-0.05, 0) is 13.3 Å². The van der Waals surface area contributed by atoms with E-state index in [0.29, 0.717) is 12.3 Å². The fourth-order valence-electron chi connectivity index (χ4n) is 0.993. The zero-order chi connectivity index (χ0) is 7.78. The zero-order valence-corrected chi connectivity index (χ0v) is 7.24. The summed E-state index contributed by atoms with van der Waals surface area (Å²) in [6.45, 7) is 1.89. The lowest BCUT2D eigenvalue weighted by molar-refractivity contribution is -0.125. The minimum Gasteiger partial charge on any atom is -0.274 e. The number of carbonyl (C=O) groups is 1. The number of alkyl halides is 1. The van der Waals surface area contributed by atoms with Gasteiger partial charge in [-0.25, -0.2) is 4.42 Å². The summed E-state index contributed by atoms with van der Waals surface area (Å²) in [5, 5.41) is 0. The van der Waals surface area contributed by atoms with Crippen molar-refractivity contribution in [3.05, 3.63) is 0 Å². The number of hydrogen-bond donors (Lipinski definition) is 0. The van der Waals surface area contributed by atoms with Crippen LogP contribution in [0.25, 0.3) is 0 Å². The first-order valence-electron chi connectivity index (χ1n) is 3.15. The van der Waals surface area contributed by atoms with Gasteiger partial charge in [-0.15, -0.1) is 11.6 Å². The van der Waals surface area contributed by atoms with Gasteiger partial charge in [0.1, 0.15) is 0 Å². The molecule has 0 aromatic rings. The molecule has 1 fully saturated rings. The quantitative estimate of drug-likeness (QED) is 0.447. The minimum atomic E-state index is -0.319. The lowest BCUT2D eigenvalue weighted by atomic mass is 10.0. The van der Waals surface area contributed by atoms with Gasteiger partial charge < -0.3 is 0 Å². The Balaban J connectivity index is 2.73. The van der Waals surface area contributed by atoms with Crippen molar-refractivity contribution in [2.75, 3.05) is 5.88 Å². The SMILES string of the molecule is CC1(CCl)CCC(=O)N1Cl. The second-order valence-electron chi connectivity index (χ2n) is 2.81. The van der Waals surface area contributed by atoms with Crippen LogP contribution in [0.15, 0.2) is 0 Å². The zero-order valence-electron chi connectivity index (χ0n) is 5.73. The summed E-state index contributed by atoms with van der Waals surface area (Å²) in [4.78, 5) is 10.9. The van der Waals surface area contributed by atoms with Crippen LogP contribution in [-0.4, -0.2) is 21.7 Å². The number of amides is 1. The van der Waals surface area contributed by atoms with Crippen molar-refractivity contribution < 1.29 is 4.79 Å². The summed E-state index contributed by atoms with van der Waals surface area (Å²) in [5.74, 6) is 0.382. The lowest BCUT2D eigenvalue weighted by Gasteiger charge is -2.26. The van der Waals surface area contributed by atoms with Gasteiger partial charge in [-0.1, -0.05) is 0 Å². The van der Waals surface area contributed by atoms with Gasteiger partial charge in [0.05, 0.1) is 5.54 Å². The largest absolute Gasteiger partial charge is 0.274 e. The topological polar surface area (TPSA) is 20.3 Å². The predicted molar refractivity (Wildman–Crippen MR) is 41.1 cm³/mol. The third kappa shape index (κ3) is 1.10. The van der Waals surface area contributed by atoms with Crippen LogP contribution in [0.4, 0.5) is 0 Å². The highest BCUT2D eigenvalue weighted by Gasteiger charge is 2.40. The minimum absolute atomic E-state index is 0.0233. The highest BCUT2D eigenvalue weighted by molar-refractivity contribution is 6.24. The van der Waals surface area contributed by atoms with Gasteiger partial charge in [0.15, 0.2) is 0 Å². The molecule has 58 valence electrons. The van der Waals surface area contributed by atoms with E-state index < -0.39 is 0 Å². The van der Waals surface area contributed by atoms with Crippen LogP contribution in [0, 0.1) is 0 Å². The molecule has 0 aliphatic carbocycles. The highest BCUT2D eigenvalue weighted by Crippen LogP contribution is 2.32. The van der Waals surface area contributed by atoms with Crippen molar-refractivity contribution in [2.24, 2.45) is 0 Å².